The van der Waals surface area contributed by atoms with Crippen LogP contribution >= 0.6 is 12.4 Å². The molecule has 2 saturated heterocycles. The van der Waals surface area contributed by atoms with Crippen LogP contribution in [0.2, 0.25) is 0 Å². The minimum atomic E-state index is 0. The molecule has 2 heterocycles. The second-order valence-electron chi connectivity index (χ2n) is 6.16. The summed E-state index contributed by atoms with van der Waals surface area (Å²) in [6.07, 6.45) is 5.00. The zero-order valence-corrected chi connectivity index (χ0v) is 13.5. The molecule has 2 atom stereocenters. The fraction of sp³-hybridized carbons (Fsp3) is 0.588. The van der Waals surface area contributed by atoms with Crippen LogP contribution in [0, 0.1) is 6.92 Å². The molecule has 3 nitrogen and oxygen atoms in total. The molecule has 1 amide bonds. The number of hydrogen-bond acceptors (Lipinski definition) is 2. The number of amides is 1. The van der Waals surface area contributed by atoms with Crippen LogP contribution in [0.4, 0.5) is 0 Å². The van der Waals surface area contributed by atoms with Gasteiger partial charge in [0.15, 0.2) is 0 Å². The SMILES string of the molecule is Cc1ccc(CCC(=O)N2C3CCNCC2CC3)cc1.Cl. The molecule has 3 rings (SSSR count). The molecule has 1 aromatic rings. The Morgan fingerprint density at radius 3 is 2.67 bits per heavy atom. The smallest absolute Gasteiger partial charge is 0.223 e. The first-order valence-corrected chi connectivity index (χ1v) is 7.81. The first kappa shape index (κ1) is 16.3. The van der Waals surface area contributed by atoms with E-state index in [1.165, 1.54) is 24.0 Å². The predicted molar refractivity (Wildman–Crippen MR) is 87.9 cm³/mol. The number of hydrogen-bond donors (Lipinski definition) is 1. The molecule has 0 spiro atoms. The molecule has 1 N–H and O–H groups in total. The van der Waals surface area contributed by atoms with E-state index in [0.29, 0.717) is 24.4 Å². The summed E-state index contributed by atoms with van der Waals surface area (Å²) < 4.78 is 0. The van der Waals surface area contributed by atoms with Crippen molar-refractivity contribution in [3.8, 4) is 0 Å². The minimum absolute atomic E-state index is 0. The number of benzene rings is 1. The number of carbonyl (C=O) groups excluding carboxylic acids is 1. The molecule has 0 aliphatic carbocycles. The summed E-state index contributed by atoms with van der Waals surface area (Å²) in [6, 6.07) is 9.45. The molecule has 2 aliphatic heterocycles. The van der Waals surface area contributed by atoms with E-state index >= 15 is 0 Å². The normalized spacial score (nSPS) is 24.3. The number of halogens is 1. The summed E-state index contributed by atoms with van der Waals surface area (Å²) in [7, 11) is 0. The lowest BCUT2D eigenvalue weighted by molar-refractivity contribution is -0.133. The van der Waals surface area contributed by atoms with Crippen LogP contribution in [-0.4, -0.2) is 36.0 Å². The third-order valence-electron chi connectivity index (χ3n) is 4.69. The third-order valence-corrected chi connectivity index (χ3v) is 4.69. The summed E-state index contributed by atoms with van der Waals surface area (Å²) in [6.45, 7) is 4.13. The molecule has 0 radical (unpaired) electrons. The van der Waals surface area contributed by atoms with Crippen molar-refractivity contribution in [3.63, 3.8) is 0 Å². The Morgan fingerprint density at radius 2 is 1.90 bits per heavy atom. The fourth-order valence-electron chi connectivity index (χ4n) is 3.52. The summed E-state index contributed by atoms with van der Waals surface area (Å²) in [4.78, 5) is 14.7. The molecule has 1 aromatic carbocycles. The molecule has 0 aromatic heterocycles. The number of rotatable bonds is 3. The van der Waals surface area contributed by atoms with E-state index in [1.54, 1.807) is 0 Å². The number of carbonyl (C=O) groups is 1. The maximum atomic E-state index is 12.6. The molecule has 21 heavy (non-hydrogen) atoms. The molecule has 4 heteroatoms. The average Bonchev–Trinajstić information content (AvgIpc) is 2.71. The monoisotopic (exact) mass is 308 g/mol. The molecule has 2 bridgehead atoms. The lowest BCUT2D eigenvalue weighted by atomic mass is 10.1. The van der Waals surface area contributed by atoms with Crippen LogP contribution in [-0.2, 0) is 11.2 Å². The van der Waals surface area contributed by atoms with Crippen LogP contribution in [0.1, 0.15) is 36.8 Å². The molecule has 2 unspecified atom stereocenters. The van der Waals surface area contributed by atoms with Crippen molar-refractivity contribution in [2.24, 2.45) is 0 Å². The lowest BCUT2D eigenvalue weighted by Crippen LogP contribution is -2.42. The van der Waals surface area contributed by atoms with Gasteiger partial charge in [-0.15, -0.1) is 12.4 Å². The Labute approximate surface area is 133 Å². The Bertz CT molecular complexity index is 460. The Hall–Kier alpha value is -1.06. The van der Waals surface area contributed by atoms with Gasteiger partial charge in [0.2, 0.25) is 5.91 Å². The highest BCUT2D eigenvalue weighted by molar-refractivity contribution is 5.85. The van der Waals surface area contributed by atoms with Crippen LogP contribution in [0.25, 0.3) is 0 Å². The average molecular weight is 309 g/mol. The van der Waals surface area contributed by atoms with Crippen molar-refractivity contribution in [1.29, 1.82) is 0 Å². The molecular formula is C17H25ClN2O. The standard InChI is InChI=1S/C17H24N2O.ClH/c1-13-2-4-14(5-3-13)6-9-17(20)19-15-7-8-16(19)12-18-11-10-15;/h2-5,15-16,18H,6-12H2,1H3;1H. The first-order chi connectivity index (χ1) is 9.74. The van der Waals surface area contributed by atoms with Crippen molar-refractivity contribution in [3.05, 3.63) is 35.4 Å². The van der Waals surface area contributed by atoms with Crippen molar-refractivity contribution in [2.75, 3.05) is 13.1 Å². The Balaban J connectivity index is 0.00000161. The predicted octanol–water partition coefficient (Wildman–Crippen LogP) is 2.70. The van der Waals surface area contributed by atoms with Gasteiger partial charge in [0.1, 0.15) is 0 Å². The number of nitrogens with zero attached hydrogens (tertiary/aromatic N) is 1. The van der Waals surface area contributed by atoms with Gasteiger partial charge in [0.05, 0.1) is 0 Å². The van der Waals surface area contributed by atoms with E-state index in [0.717, 1.165) is 25.9 Å². The van der Waals surface area contributed by atoms with E-state index in [2.05, 4.69) is 41.4 Å². The third kappa shape index (κ3) is 3.78. The van der Waals surface area contributed by atoms with Gasteiger partial charge in [0, 0.05) is 25.0 Å². The fourth-order valence-corrected chi connectivity index (χ4v) is 3.52. The molecule has 116 valence electrons. The van der Waals surface area contributed by atoms with E-state index in [-0.39, 0.29) is 12.4 Å². The minimum Gasteiger partial charge on any atom is -0.335 e. The van der Waals surface area contributed by atoms with Crippen LogP contribution in [0.5, 0.6) is 0 Å². The number of nitrogens with one attached hydrogen (secondary N) is 1. The summed E-state index contributed by atoms with van der Waals surface area (Å²) >= 11 is 0. The molecule has 2 aliphatic rings. The van der Waals surface area contributed by atoms with Gasteiger partial charge in [-0.25, -0.2) is 0 Å². The quantitative estimate of drug-likeness (QED) is 0.931. The zero-order chi connectivity index (χ0) is 13.9. The maximum absolute atomic E-state index is 12.6. The highest BCUT2D eigenvalue weighted by Gasteiger charge is 2.37. The van der Waals surface area contributed by atoms with Crippen molar-refractivity contribution >= 4 is 18.3 Å². The van der Waals surface area contributed by atoms with Crippen molar-refractivity contribution < 1.29 is 4.79 Å². The van der Waals surface area contributed by atoms with E-state index in [9.17, 15) is 4.79 Å². The van der Waals surface area contributed by atoms with Gasteiger partial charge >= 0.3 is 0 Å². The number of fused-ring (bicyclic) bond motifs is 2. The van der Waals surface area contributed by atoms with Gasteiger partial charge < -0.3 is 10.2 Å². The highest BCUT2D eigenvalue weighted by Crippen LogP contribution is 2.28. The van der Waals surface area contributed by atoms with E-state index < -0.39 is 0 Å². The van der Waals surface area contributed by atoms with Crippen molar-refractivity contribution in [2.45, 2.75) is 51.1 Å². The van der Waals surface area contributed by atoms with Crippen molar-refractivity contribution in [1.82, 2.24) is 10.2 Å². The zero-order valence-electron chi connectivity index (χ0n) is 12.7. The Kier molecular flexibility index (Phi) is 5.65. The highest BCUT2D eigenvalue weighted by atomic mass is 35.5. The van der Waals surface area contributed by atoms with Gasteiger partial charge in [-0.3, -0.25) is 4.79 Å². The van der Waals surface area contributed by atoms with Crippen LogP contribution < -0.4 is 5.32 Å². The lowest BCUT2D eigenvalue weighted by Gasteiger charge is -2.28. The van der Waals surface area contributed by atoms with E-state index in [1.807, 2.05) is 0 Å². The van der Waals surface area contributed by atoms with Crippen LogP contribution in [0.3, 0.4) is 0 Å². The summed E-state index contributed by atoms with van der Waals surface area (Å²) in [5.74, 6) is 0.349. The molecule has 2 fully saturated rings. The van der Waals surface area contributed by atoms with Gasteiger partial charge in [-0.05, 0) is 44.7 Å². The number of aryl methyl sites for hydroxylation is 2. The first-order valence-electron chi connectivity index (χ1n) is 7.81. The molecule has 0 saturated carbocycles. The maximum Gasteiger partial charge on any atom is 0.223 e. The topological polar surface area (TPSA) is 32.3 Å². The van der Waals surface area contributed by atoms with Crippen LogP contribution in [0.15, 0.2) is 24.3 Å². The van der Waals surface area contributed by atoms with Gasteiger partial charge in [-0.1, -0.05) is 29.8 Å². The summed E-state index contributed by atoms with van der Waals surface area (Å²) in [5.41, 5.74) is 2.54. The second kappa shape index (κ2) is 7.28. The second-order valence-corrected chi connectivity index (χ2v) is 6.16. The summed E-state index contributed by atoms with van der Waals surface area (Å²) in [5, 5.41) is 3.45. The Morgan fingerprint density at radius 1 is 1.19 bits per heavy atom. The largest absolute Gasteiger partial charge is 0.335 e. The van der Waals surface area contributed by atoms with E-state index in [4.69, 9.17) is 0 Å². The van der Waals surface area contributed by atoms with Gasteiger partial charge in [0.25, 0.3) is 0 Å². The molecular weight excluding hydrogens is 284 g/mol. The van der Waals surface area contributed by atoms with Gasteiger partial charge in [-0.2, -0.15) is 0 Å².